The molecule has 5 nitrogen and oxygen atoms in total. The molecule has 2 aromatic rings. The van der Waals surface area contributed by atoms with E-state index in [1.165, 1.54) is 0 Å². The van der Waals surface area contributed by atoms with E-state index in [9.17, 15) is 4.79 Å². The van der Waals surface area contributed by atoms with Crippen LogP contribution in [0.2, 0.25) is 5.02 Å². The minimum Gasteiger partial charge on any atom is -0.484 e. The quantitative estimate of drug-likeness (QED) is 0.874. The Hall–Kier alpha value is -2.27. The predicted octanol–water partition coefficient (Wildman–Crippen LogP) is 2.90. The molecule has 24 heavy (non-hydrogen) atoms. The Morgan fingerprint density at radius 3 is 2.88 bits per heavy atom. The maximum absolute atomic E-state index is 12.0. The molecule has 0 aliphatic carbocycles. The molecular weight excluding hydrogens is 326 g/mol. The standard InChI is InChI=1S/C18H20ClN3O2/c19-14-6-8-16(9-7-14)24-13-18(23)21-12-15-4-3-11-22(15)17-5-1-2-10-20-17/h1-2,5-10,15H,3-4,11-13H2,(H,21,23). The minimum atomic E-state index is -0.127. The van der Waals surface area contributed by atoms with Gasteiger partial charge in [-0.2, -0.15) is 0 Å². The summed E-state index contributed by atoms with van der Waals surface area (Å²) in [5.41, 5.74) is 0. The number of benzene rings is 1. The van der Waals surface area contributed by atoms with Crippen LogP contribution in [-0.2, 0) is 4.79 Å². The second-order valence-corrected chi connectivity index (χ2v) is 6.16. The molecule has 1 saturated heterocycles. The summed E-state index contributed by atoms with van der Waals surface area (Å²) >= 11 is 5.82. The molecule has 3 rings (SSSR count). The summed E-state index contributed by atoms with van der Waals surface area (Å²) < 4.78 is 5.45. The smallest absolute Gasteiger partial charge is 0.258 e. The Balaban J connectivity index is 1.46. The van der Waals surface area contributed by atoms with Gasteiger partial charge >= 0.3 is 0 Å². The topological polar surface area (TPSA) is 54.5 Å². The Kier molecular flexibility index (Phi) is 5.54. The molecule has 1 aromatic carbocycles. The number of halogens is 1. The zero-order valence-electron chi connectivity index (χ0n) is 13.3. The number of hydrogen-bond donors (Lipinski definition) is 1. The maximum Gasteiger partial charge on any atom is 0.258 e. The lowest BCUT2D eigenvalue weighted by atomic mass is 10.2. The molecule has 1 aromatic heterocycles. The lowest BCUT2D eigenvalue weighted by molar-refractivity contribution is -0.123. The van der Waals surface area contributed by atoms with Crippen molar-refractivity contribution in [1.82, 2.24) is 10.3 Å². The summed E-state index contributed by atoms with van der Waals surface area (Å²) in [5, 5.41) is 3.59. The number of nitrogens with one attached hydrogen (secondary N) is 1. The number of aromatic nitrogens is 1. The summed E-state index contributed by atoms with van der Waals surface area (Å²) in [4.78, 5) is 18.6. The molecule has 126 valence electrons. The van der Waals surface area contributed by atoms with Gasteiger partial charge in [-0.3, -0.25) is 4.79 Å². The van der Waals surface area contributed by atoms with E-state index in [0.717, 1.165) is 25.2 Å². The number of pyridine rings is 1. The molecule has 0 radical (unpaired) electrons. The fourth-order valence-electron chi connectivity index (χ4n) is 2.84. The molecule has 1 fully saturated rings. The average molecular weight is 346 g/mol. The Bertz CT molecular complexity index is 664. The second-order valence-electron chi connectivity index (χ2n) is 5.72. The highest BCUT2D eigenvalue weighted by Crippen LogP contribution is 2.22. The van der Waals surface area contributed by atoms with Gasteiger partial charge in [-0.1, -0.05) is 17.7 Å². The van der Waals surface area contributed by atoms with Gasteiger partial charge in [-0.15, -0.1) is 0 Å². The first kappa shape index (κ1) is 16.6. The second kappa shape index (κ2) is 8.02. The van der Waals surface area contributed by atoms with Crippen LogP contribution in [0, 0.1) is 0 Å². The lowest BCUT2D eigenvalue weighted by Crippen LogP contribution is -2.42. The van der Waals surface area contributed by atoms with Gasteiger partial charge in [0.25, 0.3) is 5.91 Å². The number of rotatable bonds is 6. The summed E-state index contributed by atoms with van der Waals surface area (Å²) in [6.07, 6.45) is 3.95. The van der Waals surface area contributed by atoms with E-state index in [-0.39, 0.29) is 18.6 Å². The van der Waals surface area contributed by atoms with E-state index in [1.807, 2.05) is 18.2 Å². The number of nitrogens with zero attached hydrogens (tertiary/aromatic N) is 2. The third kappa shape index (κ3) is 4.38. The monoisotopic (exact) mass is 345 g/mol. The predicted molar refractivity (Wildman–Crippen MR) is 94.6 cm³/mol. The van der Waals surface area contributed by atoms with Crippen LogP contribution in [0.5, 0.6) is 5.75 Å². The molecule has 0 bridgehead atoms. The molecule has 0 saturated carbocycles. The first-order valence-corrected chi connectivity index (χ1v) is 8.43. The molecule has 6 heteroatoms. The van der Waals surface area contributed by atoms with E-state index < -0.39 is 0 Å². The van der Waals surface area contributed by atoms with Crippen molar-refractivity contribution < 1.29 is 9.53 Å². The van der Waals surface area contributed by atoms with E-state index in [1.54, 1.807) is 30.5 Å². The van der Waals surface area contributed by atoms with Crippen molar-refractivity contribution in [2.75, 3.05) is 24.6 Å². The van der Waals surface area contributed by atoms with Crippen LogP contribution in [0.15, 0.2) is 48.7 Å². The maximum atomic E-state index is 12.0. The SMILES string of the molecule is O=C(COc1ccc(Cl)cc1)NCC1CCCN1c1ccccn1. The fraction of sp³-hybridized carbons (Fsp3) is 0.333. The van der Waals surface area contributed by atoms with E-state index >= 15 is 0 Å². The molecule has 1 aliphatic rings. The average Bonchev–Trinajstić information content (AvgIpc) is 3.09. The Morgan fingerprint density at radius 2 is 2.12 bits per heavy atom. The van der Waals surface area contributed by atoms with E-state index in [0.29, 0.717) is 17.3 Å². The van der Waals surface area contributed by atoms with Gasteiger partial charge in [0.2, 0.25) is 0 Å². The molecule has 1 atom stereocenters. The summed E-state index contributed by atoms with van der Waals surface area (Å²) in [5.74, 6) is 1.47. The molecular formula is C18H20ClN3O2. The van der Waals surface area contributed by atoms with Crippen molar-refractivity contribution in [3.05, 3.63) is 53.7 Å². The van der Waals surface area contributed by atoms with Crippen LogP contribution in [0.1, 0.15) is 12.8 Å². The highest BCUT2D eigenvalue weighted by atomic mass is 35.5. The highest BCUT2D eigenvalue weighted by molar-refractivity contribution is 6.30. The first-order valence-electron chi connectivity index (χ1n) is 8.05. The van der Waals surface area contributed by atoms with Crippen LogP contribution < -0.4 is 15.0 Å². The van der Waals surface area contributed by atoms with Gasteiger partial charge in [-0.25, -0.2) is 4.98 Å². The van der Waals surface area contributed by atoms with Crippen LogP contribution in [-0.4, -0.2) is 36.6 Å². The van der Waals surface area contributed by atoms with Gasteiger partial charge < -0.3 is 15.0 Å². The third-order valence-electron chi connectivity index (χ3n) is 4.04. The van der Waals surface area contributed by atoms with E-state index in [4.69, 9.17) is 16.3 Å². The zero-order chi connectivity index (χ0) is 16.8. The van der Waals surface area contributed by atoms with Crippen LogP contribution in [0.4, 0.5) is 5.82 Å². The van der Waals surface area contributed by atoms with Crippen molar-refractivity contribution >= 4 is 23.3 Å². The van der Waals surface area contributed by atoms with Crippen molar-refractivity contribution in [2.45, 2.75) is 18.9 Å². The van der Waals surface area contributed by atoms with Crippen molar-refractivity contribution in [3.63, 3.8) is 0 Å². The molecule has 0 spiro atoms. The summed E-state index contributed by atoms with van der Waals surface area (Å²) in [6.45, 7) is 1.57. The normalized spacial score (nSPS) is 16.9. The molecule has 1 N–H and O–H groups in total. The summed E-state index contributed by atoms with van der Waals surface area (Å²) in [7, 11) is 0. The van der Waals surface area contributed by atoms with Gasteiger partial charge in [-0.05, 0) is 49.2 Å². The molecule has 1 amide bonds. The fourth-order valence-corrected chi connectivity index (χ4v) is 2.96. The molecule has 1 aliphatic heterocycles. The summed E-state index contributed by atoms with van der Waals surface area (Å²) in [6, 6.07) is 13.1. The van der Waals surface area contributed by atoms with E-state index in [2.05, 4.69) is 15.2 Å². The van der Waals surface area contributed by atoms with Crippen molar-refractivity contribution in [1.29, 1.82) is 0 Å². The van der Waals surface area contributed by atoms with Crippen LogP contribution in [0.3, 0.4) is 0 Å². The molecule has 2 heterocycles. The number of hydrogen-bond acceptors (Lipinski definition) is 4. The van der Waals surface area contributed by atoms with Gasteiger partial charge in [0.1, 0.15) is 11.6 Å². The van der Waals surface area contributed by atoms with Gasteiger partial charge in [0, 0.05) is 30.4 Å². The number of carbonyl (C=O) groups is 1. The Labute approximate surface area is 146 Å². The molecule has 1 unspecified atom stereocenters. The number of amides is 1. The van der Waals surface area contributed by atoms with Crippen molar-refractivity contribution in [3.8, 4) is 5.75 Å². The van der Waals surface area contributed by atoms with Crippen LogP contribution >= 0.6 is 11.6 Å². The zero-order valence-corrected chi connectivity index (χ0v) is 14.1. The van der Waals surface area contributed by atoms with Crippen LogP contribution in [0.25, 0.3) is 0 Å². The van der Waals surface area contributed by atoms with Gasteiger partial charge in [0.15, 0.2) is 6.61 Å². The van der Waals surface area contributed by atoms with Crippen molar-refractivity contribution in [2.24, 2.45) is 0 Å². The highest BCUT2D eigenvalue weighted by Gasteiger charge is 2.25. The van der Waals surface area contributed by atoms with Gasteiger partial charge in [0.05, 0.1) is 0 Å². The number of ether oxygens (including phenoxy) is 1. The largest absolute Gasteiger partial charge is 0.484 e. The number of anilines is 1. The minimum absolute atomic E-state index is 0.00204. The first-order chi connectivity index (χ1) is 11.7. The number of carbonyl (C=O) groups excluding carboxylic acids is 1. The lowest BCUT2D eigenvalue weighted by Gasteiger charge is -2.25. The Morgan fingerprint density at radius 1 is 1.29 bits per heavy atom. The third-order valence-corrected chi connectivity index (χ3v) is 4.29.